The molecule has 1 atom stereocenters. The van der Waals surface area contributed by atoms with Gasteiger partial charge < -0.3 is 38.5 Å². The molecule has 0 fully saturated rings. The van der Waals surface area contributed by atoms with Gasteiger partial charge in [0.1, 0.15) is 0 Å². The predicted octanol–water partition coefficient (Wildman–Crippen LogP) is 4.33. The van der Waals surface area contributed by atoms with Gasteiger partial charge in [-0.2, -0.15) is 0 Å². The summed E-state index contributed by atoms with van der Waals surface area (Å²) in [5.41, 5.74) is -1.93. The molecule has 224 valence electrons. The van der Waals surface area contributed by atoms with Crippen molar-refractivity contribution >= 4 is 15.6 Å². The van der Waals surface area contributed by atoms with Crippen LogP contribution in [0.1, 0.15) is 87.5 Å². The van der Waals surface area contributed by atoms with Crippen molar-refractivity contribution in [3.05, 3.63) is 0 Å². The highest BCUT2D eigenvalue weighted by atomic mass is 31.2. The summed E-state index contributed by atoms with van der Waals surface area (Å²) in [6.45, 7) is 16.1. The first-order chi connectivity index (χ1) is 16.5. The van der Waals surface area contributed by atoms with Crippen molar-refractivity contribution in [3.63, 3.8) is 0 Å². The summed E-state index contributed by atoms with van der Waals surface area (Å²) in [7, 11) is -8.04. The van der Waals surface area contributed by atoms with E-state index in [1.807, 2.05) is 41.5 Å². The first-order valence-electron chi connectivity index (χ1n) is 12.4. The van der Waals surface area contributed by atoms with Crippen LogP contribution in [0.5, 0.6) is 0 Å². The van der Waals surface area contributed by atoms with Crippen LogP contribution in [0.3, 0.4) is 0 Å². The van der Waals surface area contributed by atoms with E-state index in [1.165, 1.54) is 0 Å². The molecule has 12 nitrogen and oxygen atoms in total. The van der Waals surface area contributed by atoms with Gasteiger partial charge in [0.25, 0.3) is 0 Å². The van der Waals surface area contributed by atoms with Crippen LogP contribution in [0.15, 0.2) is 0 Å². The number of rotatable bonds is 21. The van der Waals surface area contributed by atoms with Crippen molar-refractivity contribution in [2.75, 3.05) is 33.5 Å². The molecule has 14 heteroatoms. The second-order valence-electron chi connectivity index (χ2n) is 11.6. The quantitative estimate of drug-likeness (QED) is 0.112. The Hall–Kier alpha value is 0.0600. The summed E-state index contributed by atoms with van der Waals surface area (Å²) in [5.74, 6) is 0. The molecule has 0 radical (unpaired) electrons. The first-order valence-corrected chi connectivity index (χ1v) is 15.4. The normalized spacial score (nSPS) is 15.3. The molecule has 0 aliphatic rings. The molecule has 0 bridgehead atoms. The minimum atomic E-state index is -4.91. The molecule has 0 saturated carbocycles. The molecule has 0 aliphatic heterocycles. The summed E-state index contributed by atoms with van der Waals surface area (Å²) in [6.07, 6.45) is 1.67. The largest absolute Gasteiger partial charge is 0.469 e. The molecular weight excluding hydrogens is 530 g/mol. The molecular formula is C23H50O12P2. The molecule has 4 N–H and O–H groups in total. The van der Waals surface area contributed by atoms with E-state index < -0.39 is 39.6 Å². The molecule has 0 rings (SSSR count). The number of hydrogen-bond acceptors (Lipinski definition) is 8. The van der Waals surface area contributed by atoms with Crippen molar-refractivity contribution in [3.8, 4) is 0 Å². The fourth-order valence-electron chi connectivity index (χ4n) is 3.35. The third kappa shape index (κ3) is 21.5. The summed E-state index contributed by atoms with van der Waals surface area (Å²) in [6, 6.07) is 0. The predicted molar refractivity (Wildman–Crippen MR) is 139 cm³/mol. The van der Waals surface area contributed by atoms with Gasteiger partial charge in [0, 0.05) is 20.1 Å². The highest BCUT2D eigenvalue weighted by Gasteiger charge is 2.32. The van der Waals surface area contributed by atoms with E-state index in [0.29, 0.717) is 26.1 Å². The number of methoxy groups -OCH3 is 1. The fraction of sp³-hybridized carbons (Fsp3) is 1.00. The Labute approximate surface area is 222 Å². The van der Waals surface area contributed by atoms with Crippen LogP contribution in [-0.4, -0.2) is 81.6 Å². The van der Waals surface area contributed by atoms with E-state index >= 15 is 0 Å². The number of phosphoric acid groups is 2. The average molecular weight is 581 g/mol. The minimum absolute atomic E-state index is 0.0769. The van der Waals surface area contributed by atoms with Crippen LogP contribution in [0, 0.1) is 0 Å². The van der Waals surface area contributed by atoms with Gasteiger partial charge in [-0.05, 0) is 81.1 Å². The van der Waals surface area contributed by atoms with Crippen LogP contribution >= 0.6 is 15.6 Å². The third-order valence-electron chi connectivity index (χ3n) is 5.80. The topological polar surface area (TPSA) is 170 Å². The van der Waals surface area contributed by atoms with Crippen molar-refractivity contribution < 1.29 is 56.7 Å². The Kier molecular flexibility index (Phi) is 15.2. The highest BCUT2D eigenvalue weighted by Crippen LogP contribution is 2.42. The lowest BCUT2D eigenvalue weighted by Gasteiger charge is -2.33. The lowest BCUT2D eigenvalue weighted by atomic mass is 10.00. The van der Waals surface area contributed by atoms with Crippen molar-refractivity contribution in [1.82, 2.24) is 0 Å². The van der Waals surface area contributed by atoms with Crippen LogP contribution < -0.4 is 0 Å². The lowest BCUT2D eigenvalue weighted by molar-refractivity contribution is -0.101. The molecule has 0 amide bonds. The maximum absolute atomic E-state index is 11.2. The summed E-state index contributed by atoms with van der Waals surface area (Å²) < 4.78 is 54.7. The van der Waals surface area contributed by atoms with Gasteiger partial charge in [-0.3, -0.25) is 9.05 Å². The second kappa shape index (κ2) is 15.2. The van der Waals surface area contributed by atoms with Crippen LogP contribution in [0.25, 0.3) is 0 Å². The van der Waals surface area contributed by atoms with Gasteiger partial charge in [0.2, 0.25) is 0 Å². The molecule has 1 unspecified atom stereocenters. The zero-order valence-corrected chi connectivity index (χ0v) is 25.7. The van der Waals surface area contributed by atoms with E-state index in [-0.39, 0.29) is 24.2 Å². The van der Waals surface area contributed by atoms with Crippen LogP contribution in [-0.2, 0) is 37.1 Å². The number of hydrogen-bond donors (Lipinski definition) is 4. The second-order valence-corrected chi connectivity index (χ2v) is 14.0. The molecule has 0 saturated heterocycles. The summed E-state index contributed by atoms with van der Waals surface area (Å²) in [4.78, 5) is 36.0. The van der Waals surface area contributed by atoms with Crippen molar-refractivity contribution in [1.29, 1.82) is 0 Å². The maximum Gasteiger partial charge on any atom is 0.469 e. The highest BCUT2D eigenvalue weighted by molar-refractivity contribution is 7.46. The molecule has 37 heavy (non-hydrogen) atoms. The van der Waals surface area contributed by atoms with Gasteiger partial charge in [-0.15, -0.1) is 0 Å². The van der Waals surface area contributed by atoms with Gasteiger partial charge >= 0.3 is 15.6 Å². The van der Waals surface area contributed by atoms with Gasteiger partial charge in [-0.1, -0.05) is 0 Å². The molecule has 0 aromatic heterocycles. The zero-order valence-electron chi connectivity index (χ0n) is 23.9. The van der Waals surface area contributed by atoms with Crippen molar-refractivity contribution in [2.45, 2.75) is 116 Å². The van der Waals surface area contributed by atoms with E-state index in [0.717, 1.165) is 12.8 Å². The van der Waals surface area contributed by atoms with Crippen molar-refractivity contribution in [2.24, 2.45) is 0 Å². The Bertz CT molecular complexity index is 742. The Balaban J connectivity index is 4.57. The third-order valence-corrected chi connectivity index (χ3v) is 6.85. The zero-order chi connectivity index (χ0) is 29.2. The molecule has 0 aromatic rings. The lowest BCUT2D eigenvalue weighted by Crippen LogP contribution is -2.36. The molecule has 0 aromatic carbocycles. The average Bonchev–Trinajstić information content (AvgIpc) is 2.67. The van der Waals surface area contributed by atoms with E-state index in [4.69, 9.17) is 38.5 Å². The van der Waals surface area contributed by atoms with E-state index in [9.17, 15) is 9.13 Å². The fourth-order valence-corrected chi connectivity index (χ4v) is 4.23. The minimum Gasteiger partial charge on any atom is -0.379 e. The molecule has 0 heterocycles. The van der Waals surface area contributed by atoms with Gasteiger partial charge in [-0.25, -0.2) is 9.13 Å². The van der Waals surface area contributed by atoms with Crippen LogP contribution in [0.4, 0.5) is 0 Å². The van der Waals surface area contributed by atoms with E-state index in [2.05, 4.69) is 9.05 Å². The number of ether oxygens (including phenoxy) is 4. The Morgan fingerprint density at radius 2 is 1.11 bits per heavy atom. The number of phosphoric ester groups is 2. The standard InChI is InChI=1S/C23H50O12P2/c1-20(2,30-9)11-10-14-31-21(3,4)12-15-32-22(5,6)13-16-33-23(7,8)17-19(35-37(27,28)29)18-34-36(24,25)26/h19H,10-18H2,1-9H3,(H2,24,25,26)(H2,27,28,29). The molecule has 0 aliphatic carbocycles. The Morgan fingerprint density at radius 1 is 0.649 bits per heavy atom. The van der Waals surface area contributed by atoms with Gasteiger partial charge in [0.15, 0.2) is 0 Å². The maximum atomic E-state index is 11.2. The smallest absolute Gasteiger partial charge is 0.379 e. The Morgan fingerprint density at radius 3 is 1.54 bits per heavy atom. The SMILES string of the molecule is COC(C)(C)CCCOC(C)(C)CCOC(C)(C)CCOC(C)(C)CC(COP(=O)(O)O)OP(=O)(O)O. The molecule has 0 spiro atoms. The first kappa shape index (κ1) is 37.1. The van der Waals surface area contributed by atoms with Gasteiger partial charge in [0.05, 0.1) is 48.3 Å². The summed E-state index contributed by atoms with van der Waals surface area (Å²) in [5, 5.41) is 0. The van der Waals surface area contributed by atoms with Crippen LogP contribution in [0.2, 0.25) is 0 Å². The summed E-state index contributed by atoms with van der Waals surface area (Å²) >= 11 is 0. The monoisotopic (exact) mass is 580 g/mol. The van der Waals surface area contributed by atoms with E-state index in [1.54, 1.807) is 21.0 Å².